The van der Waals surface area contributed by atoms with E-state index >= 15 is 0 Å². The zero-order valence-electron chi connectivity index (χ0n) is 11.2. The molecule has 3 rings (SSSR count). The average Bonchev–Trinajstić information content (AvgIpc) is 2.87. The number of nitrogen functional groups attached to an aromatic ring is 1. The van der Waals surface area contributed by atoms with Crippen LogP contribution in [0.4, 0.5) is 18.9 Å². The van der Waals surface area contributed by atoms with Gasteiger partial charge in [0.05, 0.1) is 16.1 Å². The number of carboxylic acid groups (broad SMARTS) is 1. The molecule has 0 amide bonds. The van der Waals surface area contributed by atoms with E-state index in [9.17, 15) is 22.8 Å². The summed E-state index contributed by atoms with van der Waals surface area (Å²) in [5.74, 6) is -3.01. The summed E-state index contributed by atoms with van der Waals surface area (Å²) < 4.78 is 31.7. The third-order valence-electron chi connectivity index (χ3n) is 2.91. The molecule has 0 unspecified atom stereocenters. The summed E-state index contributed by atoms with van der Waals surface area (Å²) in [6.45, 7) is 0. The predicted molar refractivity (Wildman–Crippen MR) is 75.7 cm³/mol. The third kappa shape index (κ3) is 3.09. The summed E-state index contributed by atoms with van der Waals surface area (Å²) in [7, 11) is 0. The zero-order valence-corrected chi connectivity index (χ0v) is 12.0. The highest BCUT2D eigenvalue weighted by atomic mass is 32.1. The molecule has 1 heterocycles. The lowest BCUT2D eigenvalue weighted by Gasteiger charge is -2.13. The Morgan fingerprint density at radius 2 is 1.57 bits per heavy atom. The average molecular weight is 343 g/mol. The number of benzene rings is 1. The zero-order chi connectivity index (χ0) is 17.4. The molecule has 0 fully saturated rings. The molecule has 1 aromatic carbocycles. The SMILES string of the molecule is Nc1csc2c1C(=O)c1ccccc1C2=O.O=C(O)C(F)(F)F. The van der Waals surface area contributed by atoms with Crippen molar-refractivity contribution in [3.05, 3.63) is 51.2 Å². The number of fused-ring (bicyclic) bond motifs is 2. The summed E-state index contributed by atoms with van der Waals surface area (Å²) in [4.78, 5) is 33.5. The normalized spacial score (nSPS) is 12.8. The van der Waals surface area contributed by atoms with Crippen molar-refractivity contribution in [2.45, 2.75) is 6.18 Å². The van der Waals surface area contributed by atoms with Crippen molar-refractivity contribution in [1.82, 2.24) is 0 Å². The second-order valence-electron chi connectivity index (χ2n) is 4.40. The van der Waals surface area contributed by atoms with Crippen LogP contribution in [0, 0.1) is 0 Å². The van der Waals surface area contributed by atoms with E-state index in [0.29, 0.717) is 27.3 Å². The van der Waals surface area contributed by atoms with E-state index < -0.39 is 12.1 Å². The number of hydrogen-bond donors (Lipinski definition) is 2. The maximum absolute atomic E-state index is 12.1. The Kier molecular flexibility index (Phi) is 4.24. The van der Waals surface area contributed by atoms with Crippen molar-refractivity contribution >= 4 is 34.6 Å². The predicted octanol–water partition coefficient (Wildman–Crippen LogP) is 2.74. The van der Waals surface area contributed by atoms with E-state index in [1.54, 1.807) is 29.6 Å². The Morgan fingerprint density at radius 3 is 2.04 bits per heavy atom. The van der Waals surface area contributed by atoms with Crippen LogP contribution in [0.5, 0.6) is 0 Å². The molecule has 0 spiro atoms. The molecule has 3 N–H and O–H groups in total. The number of rotatable bonds is 0. The minimum Gasteiger partial charge on any atom is -0.475 e. The van der Waals surface area contributed by atoms with Gasteiger partial charge >= 0.3 is 12.1 Å². The number of carbonyl (C=O) groups excluding carboxylic acids is 2. The van der Waals surface area contributed by atoms with E-state index in [1.807, 2.05) is 0 Å². The molecule has 0 atom stereocenters. The lowest BCUT2D eigenvalue weighted by molar-refractivity contribution is -0.192. The number of carboxylic acids is 1. The maximum atomic E-state index is 12.1. The smallest absolute Gasteiger partial charge is 0.475 e. The van der Waals surface area contributed by atoms with Crippen molar-refractivity contribution in [2.24, 2.45) is 0 Å². The summed E-state index contributed by atoms with van der Waals surface area (Å²) in [5.41, 5.74) is 7.40. The number of carbonyl (C=O) groups is 3. The summed E-state index contributed by atoms with van der Waals surface area (Å²) >= 11 is 1.23. The van der Waals surface area contributed by atoms with Gasteiger partial charge in [0.1, 0.15) is 0 Å². The van der Waals surface area contributed by atoms with Crippen molar-refractivity contribution in [3.63, 3.8) is 0 Å². The first-order valence-electron chi connectivity index (χ1n) is 6.00. The fraction of sp³-hybridized carbons (Fsp3) is 0.0714. The molecule has 1 aromatic heterocycles. The lowest BCUT2D eigenvalue weighted by Crippen LogP contribution is -2.21. The Morgan fingerprint density at radius 1 is 1.09 bits per heavy atom. The van der Waals surface area contributed by atoms with Crippen LogP contribution in [0.25, 0.3) is 0 Å². The molecule has 0 saturated heterocycles. The van der Waals surface area contributed by atoms with Crippen molar-refractivity contribution < 1.29 is 32.7 Å². The number of hydrogen-bond acceptors (Lipinski definition) is 5. The molecule has 2 aromatic rings. The van der Waals surface area contributed by atoms with Crippen LogP contribution in [0.1, 0.15) is 31.2 Å². The number of ketones is 2. The highest BCUT2D eigenvalue weighted by Crippen LogP contribution is 2.34. The van der Waals surface area contributed by atoms with Gasteiger partial charge in [-0.1, -0.05) is 24.3 Å². The van der Waals surface area contributed by atoms with E-state index in [4.69, 9.17) is 15.6 Å². The second-order valence-corrected chi connectivity index (χ2v) is 5.28. The number of halogens is 3. The molecule has 23 heavy (non-hydrogen) atoms. The van der Waals surface area contributed by atoms with Crippen LogP contribution in [0.3, 0.4) is 0 Å². The van der Waals surface area contributed by atoms with E-state index in [1.165, 1.54) is 11.3 Å². The maximum Gasteiger partial charge on any atom is 0.490 e. The summed E-state index contributed by atoms with van der Waals surface area (Å²) in [6.07, 6.45) is -5.08. The minimum absolute atomic E-state index is 0.105. The van der Waals surface area contributed by atoms with Gasteiger partial charge in [-0.05, 0) is 0 Å². The molecule has 0 saturated carbocycles. The molecule has 0 aliphatic heterocycles. The molecule has 1 aliphatic carbocycles. The van der Waals surface area contributed by atoms with Crippen molar-refractivity contribution in [1.29, 1.82) is 0 Å². The molecular weight excluding hydrogens is 335 g/mol. The first-order chi connectivity index (χ1) is 10.6. The molecule has 5 nitrogen and oxygen atoms in total. The van der Waals surface area contributed by atoms with E-state index in [2.05, 4.69) is 0 Å². The number of thiophene rings is 1. The molecule has 1 aliphatic rings. The minimum atomic E-state index is -5.08. The van der Waals surface area contributed by atoms with Crippen molar-refractivity contribution in [2.75, 3.05) is 5.73 Å². The van der Waals surface area contributed by atoms with Gasteiger partial charge in [0, 0.05) is 16.5 Å². The number of aliphatic carboxylic acids is 1. The molecular formula is C14H8F3NO4S. The molecule has 9 heteroatoms. The van der Waals surface area contributed by atoms with Gasteiger partial charge in [-0.2, -0.15) is 13.2 Å². The first-order valence-corrected chi connectivity index (χ1v) is 6.88. The number of nitrogens with two attached hydrogens (primary N) is 1. The fourth-order valence-electron chi connectivity index (χ4n) is 1.91. The van der Waals surface area contributed by atoms with Crippen LogP contribution in [0.15, 0.2) is 29.6 Å². The van der Waals surface area contributed by atoms with E-state index in [0.717, 1.165) is 0 Å². The third-order valence-corrected chi connectivity index (χ3v) is 3.91. The topological polar surface area (TPSA) is 97.5 Å². The van der Waals surface area contributed by atoms with Crippen LogP contribution in [-0.2, 0) is 4.79 Å². The Hall–Kier alpha value is -2.68. The Balaban J connectivity index is 0.000000236. The van der Waals surface area contributed by atoms with Crippen LogP contribution in [-0.4, -0.2) is 28.8 Å². The van der Waals surface area contributed by atoms with Crippen molar-refractivity contribution in [3.8, 4) is 0 Å². The van der Waals surface area contributed by atoms with E-state index in [-0.39, 0.29) is 11.6 Å². The fourth-order valence-corrected chi connectivity index (χ4v) is 2.82. The van der Waals surface area contributed by atoms with Gasteiger partial charge in [0.2, 0.25) is 5.78 Å². The standard InChI is InChI=1S/C12H7NO2S.C2HF3O2/c13-8-5-16-12-9(8)10(14)6-3-1-2-4-7(6)11(12)15;3-2(4,5)1(6)7/h1-5H,13H2;(H,6,7). The van der Waals surface area contributed by atoms with Gasteiger partial charge in [0.25, 0.3) is 0 Å². The van der Waals surface area contributed by atoms with Gasteiger partial charge in [0.15, 0.2) is 5.78 Å². The van der Waals surface area contributed by atoms with Gasteiger partial charge in [-0.25, -0.2) is 4.79 Å². The lowest BCUT2D eigenvalue weighted by atomic mass is 9.88. The van der Waals surface area contributed by atoms with Gasteiger partial charge in [-0.15, -0.1) is 11.3 Å². The summed E-state index contributed by atoms with van der Waals surface area (Å²) in [5, 5.41) is 8.77. The number of anilines is 1. The second kappa shape index (κ2) is 5.84. The van der Waals surface area contributed by atoms with Gasteiger partial charge < -0.3 is 10.8 Å². The monoisotopic (exact) mass is 343 g/mol. The highest BCUT2D eigenvalue weighted by Gasteiger charge is 2.38. The largest absolute Gasteiger partial charge is 0.490 e. The van der Waals surface area contributed by atoms with Crippen LogP contribution >= 0.6 is 11.3 Å². The molecule has 0 bridgehead atoms. The van der Waals surface area contributed by atoms with Gasteiger partial charge in [-0.3, -0.25) is 9.59 Å². The quantitative estimate of drug-likeness (QED) is 0.654. The number of alkyl halides is 3. The van der Waals surface area contributed by atoms with Crippen LogP contribution in [0.2, 0.25) is 0 Å². The Bertz CT molecular complexity index is 811. The Labute approximate surface area is 131 Å². The van der Waals surface area contributed by atoms with Crippen LogP contribution < -0.4 is 5.73 Å². The highest BCUT2D eigenvalue weighted by molar-refractivity contribution is 7.13. The summed E-state index contributed by atoms with van der Waals surface area (Å²) in [6, 6.07) is 6.84. The molecule has 120 valence electrons. The molecule has 0 radical (unpaired) electrons. The first kappa shape index (κ1) is 16.7.